The summed E-state index contributed by atoms with van der Waals surface area (Å²) in [5.74, 6) is -1.51. The van der Waals surface area contributed by atoms with Crippen LogP contribution in [0.3, 0.4) is 0 Å². The lowest BCUT2D eigenvalue weighted by atomic mass is 9.75. The number of halogens is 3. The van der Waals surface area contributed by atoms with E-state index in [1.54, 1.807) is 12.1 Å². The zero-order valence-corrected chi connectivity index (χ0v) is 12.7. The van der Waals surface area contributed by atoms with Gasteiger partial charge in [0.2, 0.25) is 0 Å². The third kappa shape index (κ3) is 3.21. The minimum atomic E-state index is -4.12. The Labute approximate surface area is 132 Å². The molecule has 3 rings (SSSR count). The van der Waals surface area contributed by atoms with Crippen molar-refractivity contribution in [2.75, 3.05) is 7.11 Å². The fourth-order valence-electron chi connectivity index (χ4n) is 3.63. The van der Waals surface area contributed by atoms with Crippen LogP contribution >= 0.6 is 0 Å². The van der Waals surface area contributed by atoms with Crippen molar-refractivity contribution in [3.8, 4) is 0 Å². The number of carbonyl (C=O) groups is 1. The second-order valence-electron chi connectivity index (χ2n) is 6.20. The van der Waals surface area contributed by atoms with E-state index in [4.69, 9.17) is 0 Å². The molecule has 1 heterocycles. The molecule has 2 aliphatic rings. The van der Waals surface area contributed by atoms with Crippen LogP contribution < -0.4 is 10.9 Å². The van der Waals surface area contributed by atoms with Crippen molar-refractivity contribution in [3.63, 3.8) is 0 Å². The molecule has 4 atom stereocenters. The lowest BCUT2D eigenvalue weighted by Crippen LogP contribution is -2.40. The van der Waals surface area contributed by atoms with Gasteiger partial charge in [0.25, 0.3) is 0 Å². The Bertz CT molecular complexity index is 574. The molecule has 1 saturated carbocycles. The van der Waals surface area contributed by atoms with Gasteiger partial charge in [0.15, 0.2) is 0 Å². The molecular weight excluding hydrogens is 309 g/mol. The molecule has 1 aromatic carbocycles. The van der Waals surface area contributed by atoms with E-state index in [0.717, 1.165) is 5.56 Å². The maximum atomic E-state index is 12.9. The second-order valence-corrected chi connectivity index (χ2v) is 6.20. The third-order valence-corrected chi connectivity index (χ3v) is 4.91. The van der Waals surface area contributed by atoms with E-state index in [0.29, 0.717) is 12.0 Å². The number of esters is 1. The van der Waals surface area contributed by atoms with Gasteiger partial charge in [-0.2, -0.15) is 13.2 Å². The van der Waals surface area contributed by atoms with E-state index in [2.05, 4.69) is 15.6 Å². The lowest BCUT2D eigenvalue weighted by molar-refractivity contribution is -0.185. The van der Waals surface area contributed by atoms with E-state index >= 15 is 0 Å². The smallest absolute Gasteiger partial charge is 0.391 e. The highest BCUT2D eigenvalue weighted by atomic mass is 19.4. The van der Waals surface area contributed by atoms with Crippen LogP contribution in [-0.2, 0) is 4.74 Å². The number of hydrazine groups is 1. The molecule has 0 amide bonds. The van der Waals surface area contributed by atoms with Crippen molar-refractivity contribution in [1.82, 2.24) is 10.9 Å². The van der Waals surface area contributed by atoms with E-state index in [1.165, 1.54) is 7.11 Å². The molecule has 4 nitrogen and oxygen atoms in total. The summed E-state index contributed by atoms with van der Waals surface area (Å²) in [5.41, 5.74) is 7.55. The lowest BCUT2D eigenvalue weighted by Gasteiger charge is -2.33. The minimum absolute atomic E-state index is 0.0409. The van der Waals surface area contributed by atoms with Crippen molar-refractivity contribution in [1.29, 1.82) is 0 Å². The van der Waals surface area contributed by atoms with E-state index in [-0.39, 0.29) is 30.8 Å². The van der Waals surface area contributed by atoms with Gasteiger partial charge in [-0.1, -0.05) is 12.1 Å². The molecule has 1 saturated heterocycles. The Morgan fingerprint density at radius 3 is 2.48 bits per heavy atom. The Hall–Kier alpha value is -1.60. The van der Waals surface area contributed by atoms with Crippen molar-refractivity contribution in [3.05, 3.63) is 35.4 Å². The Morgan fingerprint density at radius 1 is 1.17 bits per heavy atom. The minimum Gasteiger partial charge on any atom is -0.465 e. The van der Waals surface area contributed by atoms with Crippen LogP contribution in [0.2, 0.25) is 0 Å². The molecule has 0 spiro atoms. The fourth-order valence-corrected chi connectivity index (χ4v) is 3.63. The summed E-state index contributed by atoms with van der Waals surface area (Å²) < 4.78 is 43.3. The number of nitrogens with one attached hydrogen (secondary N) is 2. The Balaban J connectivity index is 1.70. The highest BCUT2D eigenvalue weighted by Gasteiger charge is 2.48. The first-order chi connectivity index (χ1) is 10.9. The van der Waals surface area contributed by atoms with Crippen LogP contribution in [0.4, 0.5) is 13.2 Å². The van der Waals surface area contributed by atoms with Crippen molar-refractivity contribution in [2.24, 2.45) is 11.8 Å². The number of ether oxygens (including phenoxy) is 1. The van der Waals surface area contributed by atoms with Gasteiger partial charge in [-0.05, 0) is 42.9 Å². The predicted octanol–water partition coefficient (Wildman–Crippen LogP) is 2.97. The zero-order chi connectivity index (χ0) is 16.6. The van der Waals surface area contributed by atoms with E-state index in [9.17, 15) is 18.0 Å². The summed E-state index contributed by atoms with van der Waals surface area (Å²) in [6.45, 7) is 0. The number of rotatable bonds is 2. The predicted molar refractivity (Wildman–Crippen MR) is 77.5 cm³/mol. The van der Waals surface area contributed by atoms with Crippen molar-refractivity contribution in [2.45, 2.75) is 37.5 Å². The number of hydrogen-bond donors (Lipinski definition) is 2. The van der Waals surface area contributed by atoms with Gasteiger partial charge in [-0.3, -0.25) is 5.43 Å². The molecule has 4 unspecified atom stereocenters. The average molecular weight is 328 g/mol. The molecular formula is C16H19F3N2O2. The van der Waals surface area contributed by atoms with Gasteiger partial charge in [0.05, 0.1) is 24.6 Å². The molecule has 126 valence electrons. The first kappa shape index (κ1) is 16.3. The van der Waals surface area contributed by atoms with Gasteiger partial charge >= 0.3 is 12.1 Å². The van der Waals surface area contributed by atoms with Crippen LogP contribution in [0.25, 0.3) is 0 Å². The quantitative estimate of drug-likeness (QED) is 0.820. The van der Waals surface area contributed by atoms with Crippen molar-refractivity contribution >= 4 is 5.97 Å². The highest BCUT2D eigenvalue weighted by Crippen LogP contribution is 2.45. The highest BCUT2D eigenvalue weighted by molar-refractivity contribution is 5.89. The number of hydrogen-bond acceptors (Lipinski definition) is 4. The maximum Gasteiger partial charge on any atom is 0.391 e. The summed E-state index contributed by atoms with van der Waals surface area (Å²) in [7, 11) is 1.32. The van der Waals surface area contributed by atoms with Gasteiger partial charge < -0.3 is 4.74 Å². The molecule has 2 N–H and O–H groups in total. The summed E-state index contributed by atoms with van der Waals surface area (Å²) >= 11 is 0. The van der Waals surface area contributed by atoms with Crippen molar-refractivity contribution < 1.29 is 22.7 Å². The Morgan fingerprint density at radius 2 is 1.87 bits per heavy atom. The molecule has 0 bridgehead atoms. The second kappa shape index (κ2) is 6.13. The van der Waals surface area contributed by atoms with E-state index < -0.39 is 18.1 Å². The Kier molecular flexibility index (Phi) is 4.33. The molecule has 23 heavy (non-hydrogen) atoms. The van der Waals surface area contributed by atoms with Gasteiger partial charge in [-0.15, -0.1) is 0 Å². The van der Waals surface area contributed by atoms with Gasteiger partial charge in [0, 0.05) is 6.04 Å². The fraction of sp³-hybridized carbons (Fsp3) is 0.562. The molecule has 2 fully saturated rings. The van der Waals surface area contributed by atoms with Gasteiger partial charge in [0.1, 0.15) is 0 Å². The van der Waals surface area contributed by atoms with Crippen LogP contribution in [0.5, 0.6) is 0 Å². The van der Waals surface area contributed by atoms with E-state index in [1.807, 2.05) is 12.1 Å². The monoisotopic (exact) mass is 328 g/mol. The summed E-state index contributed by atoms with van der Waals surface area (Å²) in [6.07, 6.45) is -3.31. The molecule has 0 aromatic heterocycles. The van der Waals surface area contributed by atoms with Crippen LogP contribution in [0.15, 0.2) is 24.3 Å². The molecule has 1 aromatic rings. The number of alkyl halides is 3. The topological polar surface area (TPSA) is 50.4 Å². The largest absolute Gasteiger partial charge is 0.465 e. The van der Waals surface area contributed by atoms with Crippen LogP contribution in [0.1, 0.15) is 41.2 Å². The first-order valence-electron chi connectivity index (χ1n) is 7.66. The number of methoxy groups -OCH3 is 1. The standard InChI is InChI=1S/C16H19F3N2O2/c1-23-15(22)10-4-2-9(3-5-10)14-12-7-6-11(16(17,18)19)8-13(12)20-21-14/h2-5,11-14,20-21H,6-8H2,1H3. The maximum absolute atomic E-state index is 12.9. The molecule has 1 aliphatic carbocycles. The summed E-state index contributed by atoms with van der Waals surface area (Å²) in [6, 6.07) is 6.78. The average Bonchev–Trinajstić information content (AvgIpc) is 2.96. The molecule has 1 aliphatic heterocycles. The number of carbonyl (C=O) groups excluding carboxylic acids is 1. The SMILES string of the molecule is COC(=O)c1ccc(C2NNC3CC(C(F)(F)F)CCC32)cc1. The normalized spacial score (nSPS) is 30.8. The number of fused-ring (bicyclic) bond motifs is 1. The van der Waals surface area contributed by atoms with Crippen LogP contribution in [0, 0.1) is 11.8 Å². The summed E-state index contributed by atoms with van der Waals surface area (Å²) in [4.78, 5) is 11.4. The summed E-state index contributed by atoms with van der Waals surface area (Å²) in [5, 5.41) is 0. The molecule has 7 heteroatoms. The molecule has 0 radical (unpaired) electrons. The van der Waals surface area contributed by atoms with Crippen LogP contribution in [-0.4, -0.2) is 25.3 Å². The third-order valence-electron chi connectivity index (χ3n) is 4.91. The zero-order valence-electron chi connectivity index (χ0n) is 12.7. The number of benzene rings is 1. The van der Waals surface area contributed by atoms with Gasteiger partial charge in [-0.25, -0.2) is 10.2 Å². The first-order valence-corrected chi connectivity index (χ1v) is 7.66.